The highest BCUT2D eigenvalue weighted by Gasteiger charge is 2.56. The molecule has 0 aliphatic carbocycles. The molecule has 2 atom stereocenters. The third kappa shape index (κ3) is 3.58. The first-order valence-corrected chi connectivity index (χ1v) is 12.3. The fourth-order valence-electron chi connectivity index (χ4n) is 5.44. The summed E-state index contributed by atoms with van der Waals surface area (Å²) >= 11 is 3.52. The lowest BCUT2D eigenvalue weighted by atomic mass is 9.76. The summed E-state index contributed by atoms with van der Waals surface area (Å²) in [6.07, 6.45) is 2.31. The van der Waals surface area contributed by atoms with Crippen LogP contribution < -0.4 is 0 Å². The molecule has 3 aromatic rings. The largest absolute Gasteiger partial charge is 0.396 e. The fraction of sp³-hybridized carbons (Fsp3) is 0.385. The zero-order chi connectivity index (χ0) is 23.2. The van der Waals surface area contributed by atoms with Gasteiger partial charge in [-0.05, 0) is 55.5 Å². The second-order valence-corrected chi connectivity index (χ2v) is 10.1. The average Bonchev–Trinajstić information content (AvgIpc) is 3.21. The summed E-state index contributed by atoms with van der Waals surface area (Å²) in [7, 11) is 0. The molecule has 0 spiro atoms. The predicted molar refractivity (Wildman–Crippen MR) is 131 cm³/mol. The first-order chi connectivity index (χ1) is 15.9. The van der Waals surface area contributed by atoms with Gasteiger partial charge in [-0.2, -0.15) is 0 Å². The SMILES string of the molecule is CC12C(=O)N(CCCCCO)CC(=O)N1CC(c1ccc(Br)cc1)c1c2[nH]c2ccccc12. The van der Waals surface area contributed by atoms with Gasteiger partial charge >= 0.3 is 0 Å². The number of piperazine rings is 1. The molecule has 2 aromatic carbocycles. The zero-order valence-electron chi connectivity index (χ0n) is 18.7. The molecule has 172 valence electrons. The number of aliphatic hydroxyl groups excluding tert-OH is 1. The lowest BCUT2D eigenvalue weighted by Gasteiger charge is -2.51. The van der Waals surface area contributed by atoms with Crippen molar-refractivity contribution in [1.82, 2.24) is 14.8 Å². The van der Waals surface area contributed by atoms with Gasteiger partial charge < -0.3 is 19.9 Å². The van der Waals surface area contributed by atoms with Gasteiger partial charge in [-0.15, -0.1) is 0 Å². The number of hydrogen-bond acceptors (Lipinski definition) is 3. The van der Waals surface area contributed by atoms with Crippen molar-refractivity contribution in [3.63, 3.8) is 0 Å². The smallest absolute Gasteiger partial charge is 0.254 e. The van der Waals surface area contributed by atoms with Gasteiger partial charge in [0.2, 0.25) is 5.91 Å². The number of nitrogens with zero attached hydrogens (tertiary/aromatic N) is 2. The maximum atomic E-state index is 13.9. The molecule has 6 nitrogen and oxygen atoms in total. The molecule has 3 heterocycles. The van der Waals surface area contributed by atoms with E-state index in [4.69, 9.17) is 5.11 Å². The van der Waals surface area contributed by atoms with Gasteiger partial charge in [0.05, 0.1) is 12.2 Å². The van der Waals surface area contributed by atoms with Gasteiger partial charge in [0, 0.05) is 41.0 Å². The summed E-state index contributed by atoms with van der Waals surface area (Å²) in [4.78, 5) is 34.3. The Balaban J connectivity index is 1.62. The molecule has 1 saturated heterocycles. The zero-order valence-corrected chi connectivity index (χ0v) is 20.3. The second-order valence-electron chi connectivity index (χ2n) is 9.15. The molecule has 0 radical (unpaired) electrons. The van der Waals surface area contributed by atoms with Gasteiger partial charge in [-0.3, -0.25) is 9.59 Å². The number of amides is 2. The van der Waals surface area contributed by atoms with Crippen LogP contribution in [0.5, 0.6) is 0 Å². The number of hydrogen-bond donors (Lipinski definition) is 2. The minimum absolute atomic E-state index is 0.0225. The van der Waals surface area contributed by atoms with Gasteiger partial charge in [-0.1, -0.05) is 46.3 Å². The lowest BCUT2D eigenvalue weighted by molar-refractivity contribution is -0.166. The van der Waals surface area contributed by atoms with E-state index >= 15 is 0 Å². The maximum absolute atomic E-state index is 13.9. The van der Waals surface area contributed by atoms with E-state index in [1.165, 1.54) is 0 Å². The van der Waals surface area contributed by atoms with Crippen LogP contribution >= 0.6 is 15.9 Å². The van der Waals surface area contributed by atoms with Crippen molar-refractivity contribution in [2.45, 2.75) is 37.6 Å². The molecule has 1 aromatic heterocycles. The van der Waals surface area contributed by atoms with Crippen LogP contribution in [0, 0.1) is 0 Å². The molecule has 0 bridgehead atoms. The Bertz CT molecular complexity index is 1210. The Morgan fingerprint density at radius 1 is 1.09 bits per heavy atom. The number of para-hydroxylation sites is 1. The van der Waals surface area contributed by atoms with Gasteiger partial charge in [0.25, 0.3) is 5.91 Å². The van der Waals surface area contributed by atoms with Crippen molar-refractivity contribution in [2.75, 3.05) is 26.2 Å². The Kier molecular flexibility index (Phi) is 5.79. The molecule has 2 aliphatic heterocycles. The second kappa shape index (κ2) is 8.61. The molecule has 2 aliphatic rings. The van der Waals surface area contributed by atoms with Crippen molar-refractivity contribution in [1.29, 1.82) is 0 Å². The van der Waals surface area contributed by atoms with Crippen LogP contribution in [-0.2, 0) is 15.1 Å². The number of nitrogens with one attached hydrogen (secondary N) is 1. The molecule has 2 amide bonds. The summed E-state index contributed by atoms with van der Waals surface area (Å²) in [5.74, 6) is -0.0796. The van der Waals surface area contributed by atoms with Crippen LogP contribution in [0.15, 0.2) is 53.0 Å². The molecule has 2 N–H and O–H groups in total. The molecule has 0 saturated carbocycles. The van der Waals surface area contributed by atoms with Gasteiger partial charge in [-0.25, -0.2) is 0 Å². The highest BCUT2D eigenvalue weighted by atomic mass is 79.9. The number of unbranched alkanes of at least 4 members (excludes halogenated alkanes) is 2. The number of carbonyl (C=O) groups is 2. The Labute approximate surface area is 201 Å². The minimum atomic E-state index is -1.06. The van der Waals surface area contributed by atoms with Crippen LogP contribution in [0.1, 0.15) is 48.9 Å². The van der Waals surface area contributed by atoms with Gasteiger partial charge in [0.15, 0.2) is 5.54 Å². The lowest BCUT2D eigenvalue weighted by Crippen LogP contribution is -2.67. The molecule has 2 unspecified atom stereocenters. The Morgan fingerprint density at radius 3 is 2.61 bits per heavy atom. The highest BCUT2D eigenvalue weighted by Crippen LogP contribution is 2.48. The van der Waals surface area contributed by atoms with Crippen LogP contribution in [-0.4, -0.2) is 57.9 Å². The summed E-state index contributed by atoms with van der Waals surface area (Å²) in [5, 5.41) is 10.2. The number of halogens is 1. The monoisotopic (exact) mass is 509 g/mol. The number of aliphatic hydroxyl groups is 1. The third-order valence-electron chi connectivity index (χ3n) is 7.18. The van der Waals surface area contributed by atoms with Gasteiger partial charge in [0.1, 0.15) is 0 Å². The topological polar surface area (TPSA) is 76.6 Å². The van der Waals surface area contributed by atoms with Crippen LogP contribution in [0.3, 0.4) is 0 Å². The molecule has 5 rings (SSSR count). The minimum Gasteiger partial charge on any atom is -0.396 e. The molecular formula is C26H28BrN3O3. The van der Waals surface area contributed by atoms with E-state index in [9.17, 15) is 9.59 Å². The average molecular weight is 510 g/mol. The van der Waals surface area contributed by atoms with E-state index in [2.05, 4.69) is 39.1 Å². The number of carbonyl (C=O) groups excluding carboxylic acids is 2. The summed E-state index contributed by atoms with van der Waals surface area (Å²) in [6, 6.07) is 16.4. The van der Waals surface area contributed by atoms with Crippen molar-refractivity contribution in [3.8, 4) is 0 Å². The number of aromatic amines is 1. The predicted octanol–water partition coefficient (Wildman–Crippen LogP) is 4.12. The summed E-state index contributed by atoms with van der Waals surface area (Å²) < 4.78 is 1.01. The van der Waals surface area contributed by atoms with Crippen molar-refractivity contribution in [3.05, 3.63) is 69.8 Å². The van der Waals surface area contributed by atoms with Crippen LogP contribution in [0.4, 0.5) is 0 Å². The fourth-order valence-corrected chi connectivity index (χ4v) is 5.71. The van der Waals surface area contributed by atoms with Crippen LogP contribution in [0.25, 0.3) is 10.9 Å². The highest BCUT2D eigenvalue weighted by molar-refractivity contribution is 9.10. The van der Waals surface area contributed by atoms with Crippen molar-refractivity contribution < 1.29 is 14.7 Å². The Hall–Kier alpha value is -2.64. The van der Waals surface area contributed by atoms with E-state index in [1.54, 1.807) is 9.80 Å². The number of rotatable bonds is 6. The normalized spacial score (nSPS) is 22.6. The Morgan fingerprint density at radius 2 is 1.85 bits per heavy atom. The molecule has 1 fully saturated rings. The molecular weight excluding hydrogens is 482 g/mol. The summed E-state index contributed by atoms with van der Waals surface area (Å²) in [6.45, 7) is 3.14. The first kappa shape index (κ1) is 22.2. The van der Waals surface area contributed by atoms with E-state index in [1.807, 2.05) is 37.3 Å². The van der Waals surface area contributed by atoms with E-state index in [0.717, 1.165) is 45.0 Å². The van der Waals surface area contributed by atoms with Crippen LogP contribution in [0.2, 0.25) is 0 Å². The first-order valence-electron chi connectivity index (χ1n) is 11.5. The van der Waals surface area contributed by atoms with E-state index < -0.39 is 5.54 Å². The number of fused-ring (bicyclic) bond motifs is 5. The maximum Gasteiger partial charge on any atom is 0.254 e. The quantitative estimate of drug-likeness (QED) is 0.490. The summed E-state index contributed by atoms with van der Waals surface area (Å²) in [5.41, 5.74) is 2.97. The van der Waals surface area contributed by atoms with Crippen molar-refractivity contribution >= 4 is 38.6 Å². The number of benzene rings is 2. The van der Waals surface area contributed by atoms with E-state index in [-0.39, 0.29) is 30.9 Å². The third-order valence-corrected chi connectivity index (χ3v) is 7.70. The number of aromatic nitrogens is 1. The molecule has 33 heavy (non-hydrogen) atoms. The standard InChI is InChI=1S/C26H28BrN3O3/c1-26-24-23(19-7-3-4-8-21(19)28-24)20(17-9-11-18(27)12-10-17)15-30(26)22(32)16-29(25(26)33)13-5-2-6-14-31/h3-4,7-12,20,28,31H,2,5-6,13-16H2,1H3. The number of H-pyrrole nitrogens is 1. The van der Waals surface area contributed by atoms with Crippen molar-refractivity contribution in [2.24, 2.45) is 0 Å². The van der Waals surface area contributed by atoms with E-state index in [0.29, 0.717) is 19.5 Å². The molecule has 7 heteroatoms.